The first-order valence-electron chi connectivity index (χ1n) is 8.77. The zero-order valence-corrected chi connectivity index (χ0v) is 15.6. The smallest absolute Gasteiger partial charge is 0.273 e. The van der Waals surface area contributed by atoms with Gasteiger partial charge in [0.25, 0.3) is 11.6 Å². The second-order valence-electron chi connectivity index (χ2n) is 6.20. The van der Waals surface area contributed by atoms with E-state index in [4.69, 9.17) is 4.74 Å². The number of nitro groups is 1. The van der Waals surface area contributed by atoms with Crippen molar-refractivity contribution >= 4 is 17.3 Å². The second-order valence-corrected chi connectivity index (χ2v) is 6.20. The highest BCUT2D eigenvalue weighted by molar-refractivity contribution is 6.05. The first-order chi connectivity index (χ1) is 13.5. The van der Waals surface area contributed by atoms with Gasteiger partial charge >= 0.3 is 0 Å². The quantitative estimate of drug-likeness (QED) is 0.494. The van der Waals surface area contributed by atoms with Crippen LogP contribution in [0.4, 0.5) is 11.4 Å². The molecule has 0 radical (unpaired) electrons. The molecule has 2 aromatic carbocycles. The molecule has 3 rings (SSSR count). The van der Waals surface area contributed by atoms with E-state index in [1.807, 2.05) is 24.3 Å². The lowest BCUT2D eigenvalue weighted by atomic mass is 10.1. The van der Waals surface area contributed by atoms with E-state index in [9.17, 15) is 14.9 Å². The Morgan fingerprint density at radius 3 is 2.68 bits per heavy atom. The maximum atomic E-state index is 12.5. The Morgan fingerprint density at radius 2 is 2.00 bits per heavy atom. The zero-order chi connectivity index (χ0) is 20.1. The van der Waals surface area contributed by atoms with E-state index >= 15 is 0 Å². The highest BCUT2D eigenvalue weighted by atomic mass is 16.6. The molecule has 0 atom stereocenters. The van der Waals surface area contributed by atoms with Crippen molar-refractivity contribution in [1.29, 1.82) is 0 Å². The predicted octanol–water partition coefficient (Wildman–Crippen LogP) is 3.95. The summed E-state index contributed by atoms with van der Waals surface area (Å²) in [6.07, 6.45) is 4.09. The number of nitrogens with zero attached hydrogens (tertiary/aromatic N) is 3. The molecule has 0 unspecified atom stereocenters. The summed E-state index contributed by atoms with van der Waals surface area (Å²) in [5.74, 6) is 0.294. The van der Waals surface area contributed by atoms with Crippen LogP contribution in [0.15, 0.2) is 54.9 Å². The molecule has 0 saturated heterocycles. The van der Waals surface area contributed by atoms with Gasteiger partial charge in [-0.2, -0.15) is 5.10 Å². The number of carbonyl (C=O) groups is 1. The summed E-state index contributed by atoms with van der Waals surface area (Å²) in [6, 6.07) is 12.2. The van der Waals surface area contributed by atoms with Gasteiger partial charge in [-0.15, -0.1) is 0 Å². The number of carbonyl (C=O) groups excluding carboxylic acids is 1. The fourth-order valence-corrected chi connectivity index (χ4v) is 2.73. The third-order valence-electron chi connectivity index (χ3n) is 4.33. The summed E-state index contributed by atoms with van der Waals surface area (Å²) in [5.41, 5.74) is 2.17. The normalized spacial score (nSPS) is 10.5. The number of anilines is 1. The Bertz CT molecular complexity index is 996. The second kappa shape index (κ2) is 8.34. The molecule has 144 valence electrons. The van der Waals surface area contributed by atoms with Crippen LogP contribution in [0.3, 0.4) is 0 Å². The highest BCUT2D eigenvalue weighted by Crippen LogP contribution is 2.22. The summed E-state index contributed by atoms with van der Waals surface area (Å²) < 4.78 is 7.21. The lowest BCUT2D eigenvalue weighted by Crippen LogP contribution is -2.13. The van der Waals surface area contributed by atoms with E-state index in [1.165, 1.54) is 23.9 Å². The van der Waals surface area contributed by atoms with E-state index in [0.29, 0.717) is 11.3 Å². The number of amides is 1. The van der Waals surface area contributed by atoms with Crippen molar-refractivity contribution in [3.63, 3.8) is 0 Å². The molecule has 0 aliphatic carbocycles. The van der Waals surface area contributed by atoms with Gasteiger partial charge in [-0.05, 0) is 37.1 Å². The fourth-order valence-electron chi connectivity index (χ4n) is 2.73. The van der Waals surface area contributed by atoms with E-state index in [0.717, 1.165) is 12.2 Å². The molecule has 3 aromatic rings. The van der Waals surface area contributed by atoms with Crippen molar-refractivity contribution in [2.24, 2.45) is 0 Å². The first kappa shape index (κ1) is 19.1. The average Bonchev–Trinajstić information content (AvgIpc) is 3.14. The van der Waals surface area contributed by atoms with Gasteiger partial charge < -0.3 is 10.1 Å². The van der Waals surface area contributed by atoms with Gasteiger partial charge in [0.1, 0.15) is 5.75 Å². The molecule has 0 aliphatic heterocycles. The Kier molecular flexibility index (Phi) is 5.69. The van der Waals surface area contributed by atoms with Crippen LogP contribution in [-0.2, 0) is 13.2 Å². The monoisotopic (exact) mass is 380 g/mol. The summed E-state index contributed by atoms with van der Waals surface area (Å²) in [4.78, 5) is 23.0. The maximum Gasteiger partial charge on any atom is 0.273 e. The van der Waals surface area contributed by atoms with Crippen LogP contribution in [0.1, 0.15) is 28.4 Å². The van der Waals surface area contributed by atoms with Crippen LogP contribution in [-0.4, -0.2) is 20.6 Å². The van der Waals surface area contributed by atoms with E-state index < -0.39 is 10.8 Å². The molecular weight excluding hydrogens is 360 g/mol. The fraction of sp³-hybridized carbons (Fsp3) is 0.200. The molecule has 1 heterocycles. The Balaban J connectivity index is 1.63. The molecule has 0 spiro atoms. The molecular formula is C20H20N4O4. The number of benzene rings is 2. The number of hydrogen-bond donors (Lipinski definition) is 1. The minimum atomic E-state index is -0.505. The van der Waals surface area contributed by atoms with Crippen LogP contribution in [0, 0.1) is 17.0 Å². The summed E-state index contributed by atoms with van der Waals surface area (Å²) in [7, 11) is 0. The van der Waals surface area contributed by atoms with Gasteiger partial charge in [0.05, 0.1) is 23.0 Å². The molecule has 0 saturated carbocycles. The number of aryl methyl sites for hydroxylation is 1. The molecule has 0 bridgehead atoms. The lowest BCUT2D eigenvalue weighted by Gasteiger charge is -2.07. The van der Waals surface area contributed by atoms with Crippen molar-refractivity contribution in [2.45, 2.75) is 27.0 Å². The number of hydrogen-bond acceptors (Lipinski definition) is 5. The van der Waals surface area contributed by atoms with Gasteiger partial charge in [-0.1, -0.05) is 25.1 Å². The molecule has 8 heteroatoms. The number of aromatic nitrogens is 2. The maximum absolute atomic E-state index is 12.5. The van der Waals surface area contributed by atoms with Gasteiger partial charge in [0, 0.05) is 17.2 Å². The van der Waals surface area contributed by atoms with Crippen LogP contribution >= 0.6 is 0 Å². The van der Waals surface area contributed by atoms with Crippen molar-refractivity contribution in [3.05, 3.63) is 81.7 Å². The van der Waals surface area contributed by atoms with Crippen molar-refractivity contribution in [1.82, 2.24) is 9.78 Å². The topological polar surface area (TPSA) is 99.3 Å². The van der Waals surface area contributed by atoms with E-state index in [1.54, 1.807) is 23.9 Å². The minimum Gasteiger partial charge on any atom is -0.471 e. The van der Waals surface area contributed by atoms with Crippen LogP contribution in [0.2, 0.25) is 0 Å². The molecule has 0 aliphatic rings. The van der Waals surface area contributed by atoms with Crippen molar-refractivity contribution < 1.29 is 14.5 Å². The first-order valence-corrected chi connectivity index (χ1v) is 8.77. The standard InChI is InChI=1S/C20H20N4O4/c1-3-15-7-9-17(10-8-15)28-13-23-12-16(11-21-23)22-20(25)18-5-4-6-19(14(18)2)24(26)27/h4-12H,3,13H2,1-2H3,(H,22,25). The third kappa shape index (κ3) is 4.35. The Hall–Kier alpha value is -3.68. The third-order valence-corrected chi connectivity index (χ3v) is 4.33. The summed E-state index contributed by atoms with van der Waals surface area (Å²) in [5, 5.41) is 17.9. The summed E-state index contributed by atoms with van der Waals surface area (Å²) in [6.45, 7) is 3.83. The van der Waals surface area contributed by atoms with Crippen LogP contribution in [0.25, 0.3) is 0 Å². The number of nitro benzene ring substituents is 1. The average molecular weight is 380 g/mol. The molecule has 0 fully saturated rings. The predicted molar refractivity (Wildman–Crippen MR) is 104 cm³/mol. The zero-order valence-electron chi connectivity index (χ0n) is 15.6. The lowest BCUT2D eigenvalue weighted by molar-refractivity contribution is -0.385. The van der Waals surface area contributed by atoms with Gasteiger partial charge in [0.15, 0.2) is 6.73 Å². The summed E-state index contributed by atoms with van der Waals surface area (Å²) >= 11 is 0. The molecule has 8 nitrogen and oxygen atoms in total. The minimum absolute atomic E-state index is 0.0918. The van der Waals surface area contributed by atoms with Crippen LogP contribution in [0.5, 0.6) is 5.75 Å². The van der Waals surface area contributed by atoms with Crippen molar-refractivity contribution in [3.8, 4) is 5.75 Å². The van der Waals surface area contributed by atoms with Gasteiger partial charge in [0.2, 0.25) is 0 Å². The number of ether oxygens (including phenoxy) is 1. The van der Waals surface area contributed by atoms with E-state index in [2.05, 4.69) is 17.3 Å². The van der Waals surface area contributed by atoms with Gasteiger partial charge in [-0.25, -0.2) is 4.68 Å². The van der Waals surface area contributed by atoms with E-state index in [-0.39, 0.29) is 18.0 Å². The number of rotatable bonds is 7. The Labute approximate surface area is 161 Å². The molecule has 1 N–H and O–H groups in total. The largest absolute Gasteiger partial charge is 0.471 e. The van der Waals surface area contributed by atoms with Crippen molar-refractivity contribution in [2.75, 3.05) is 5.32 Å². The molecule has 1 amide bonds. The highest BCUT2D eigenvalue weighted by Gasteiger charge is 2.18. The van der Waals surface area contributed by atoms with Crippen LogP contribution < -0.4 is 10.1 Å². The molecule has 1 aromatic heterocycles. The Morgan fingerprint density at radius 1 is 1.25 bits per heavy atom. The van der Waals surface area contributed by atoms with Gasteiger partial charge in [-0.3, -0.25) is 14.9 Å². The number of nitrogens with one attached hydrogen (secondary N) is 1. The SMILES string of the molecule is CCc1ccc(OCn2cc(NC(=O)c3cccc([N+](=O)[O-])c3C)cn2)cc1. The molecule has 28 heavy (non-hydrogen) atoms.